The highest BCUT2D eigenvalue weighted by molar-refractivity contribution is 5.63. The number of nitrogen functional groups attached to an aromatic ring is 1. The van der Waals surface area contributed by atoms with Crippen molar-refractivity contribution in [3.05, 3.63) is 53.6 Å². The molecule has 0 bridgehead atoms. The molecule has 3 aromatic rings. The minimum absolute atomic E-state index is 0.506. The molecule has 0 radical (unpaired) electrons. The van der Waals surface area contributed by atoms with Gasteiger partial charge < -0.3 is 10.2 Å². The maximum atomic E-state index is 5.82. The van der Waals surface area contributed by atoms with Gasteiger partial charge in [-0.1, -0.05) is 18.2 Å². The van der Waals surface area contributed by atoms with Gasteiger partial charge >= 0.3 is 0 Å². The van der Waals surface area contributed by atoms with E-state index in [1.165, 1.54) is 0 Å². The van der Waals surface area contributed by atoms with Gasteiger partial charge in [-0.2, -0.15) is 0 Å². The zero-order valence-electron chi connectivity index (χ0n) is 11.4. The predicted molar refractivity (Wildman–Crippen MR) is 79.1 cm³/mol. The number of hydrogen-bond donors (Lipinski definition) is 1. The van der Waals surface area contributed by atoms with E-state index in [1.807, 2.05) is 56.3 Å². The van der Waals surface area contributed by atoms with E-state index in [9.17, 15) is 0 Å². The number of benzene rings is 2. The lowest BCUT2D eigenvalue weighted by Crippen LogP contribution is -1.89. The molecule has 0 atom stereocenters. The van der Waals surface area contributed by atoms with Gasteiger partial charge in [0.15, 0.2) is 0 Å². The summed E-state index contributed by atoms with van der Waals surface area (Å²) in [5, 5.41) is 8.25. The van der Waals surface area contributed by atoms with Crippen LogP contribution in [0.1, 0.15) is 11.1 Å². The summed E-state index contributed by atoms with van der Waals surface area (Å²) < 4.78 is 5.77. The lowest BCUT2D eigenvalue weighted by Gasteiger charge is -2.01. The minimum atomic E-state index is 0.506. The fourth-order valence-electron chi connectivity index (χ4n) is 2.07. The zero-order valence-corrected chi connectivity index (χ0v) is 11.4. The molecule has 0 amide bonds. The number of rotatable bonds is 2. The van der Waals surface area contributed by atoms with Crippen LogP contribution in [-0.4, -0.2) is 10.2 Å². The van der Waals surface area contributed by atoms with Gasteiger partial charge in [-0.25, -0.2) is 0 Å². The number of aryl methyl sites for hydroxylation is 2. The molecule has 100 valence electrons. The SMILES string of the molecule is Cc1cc(-c2nnc(-c3ccccc3C)o2)ccc1N. The number of anilines is 1. The van der Waals surface area contributed by atoms with Gasteiger partial charge in [0.05, 0.1) is 0 Å². The second-order valence-electron chi connectivity index (χ2n) is 4.80. The second-order valence-corrected chi connectivity index (χ2v) is 4.80. The molecule has 20 heavy (non-hydrogen) atoms. The van der Waals surface area contributed by atoms with Crippen molar-refractivity contribution >= 4 is 5.69 Å². The van der Waals surface area contributed by atoms with Crippen molar-refractivity contribution in [3.8, 4) is 22.9 Å². The van der Waals surface area contributed by atoms with E-state index >= 15 is 0 Å². The molecule has 2 N–H and O–H groups in total. The van der Waals surface area contributed by atoms with E-state index in [4.69, 9.17) is 10.2 Å². The summed E-state index contributed by atoms with van der Waals surface area (Å²) >= 11 is 0. The maximum absolute atomic E-state index is 5.82. The van der Waals surface area contributed by atoms with Gasteiger partial charge in [0.1, 0.15) is 0 Å². The van der Waals surface area contributed by atoms with E-state index in [0.717, 1.165) is 27.9 Å². The van der Waals surface area contributed by atoms with E-state index < -0.39 is 0 Å². The Labute approximate surface area is 117 Å². The van der Waals surface area contributed by atoms with Crippen LogP contribution in [0.2, 0.25) is 0 Å². The highest BCUT2D eigenvalue weighted by Gasteiger charge is 2.12. The van der Waals surface area contributed by atoms with Crippen molar-refractivity contribution in [2.24, 2.45) is 0 Å². The molecule has 0 aliphatic rings. The largest absolute Gasteiger partial charge is 0.416 e. The quantitative estimate of drug-likeness (QED) is 0.719. The normalized spacial score (nSPS) is 10.7. The van der Waals surface area contributed by atoms with Crippen LogP contribution in [0.5, 0.6) is 0 Å². The third kappa shape index (κ3) is 2.16. The first-order chi connectivity index (χ1) is 9.65. The van der Waals surface area contributed by atoms with Gasteiger partial charge in [-0.3, -0.25) is 0 Å². The monoisotopic (exact) mass is 265 g/mol. The Morgan fingerprint density at radius 1 is 0.900 bits per heavy atom. The molecule has 0 saturated carbocycles. The van der Waals surface area contributed by atoms with E-state index in [2.05, 4.69) is 10.2 Å². The van der Waals surface area contributed by atoms with Crippen molar-refractivity contribution in [1.82, 2.24) is 10.2 Å². The summed E-state index contributed by atoms with van der Waals surface area (Å²) in [6, 6.07) is 13.6. The summed E-state index contributed by atoms with van der Waals surface area (Å²) in [5.74, 6) is 1.04. The van der Waals surface area contributed by atoms with Crippen LogP contribution in [-0.2, 0) is 0 Å². The number of aromatic nitrogens is 2. The first kappa shape index (κ1) is 12.4. The molecule has 0 aliphatic heterocycles. The fourth-order valence-corrected chi connectivity index (χ4v) is 2.07. The summed E-state index contributed by atoms with van der Waals surface area (Å²) in [6.45, 7) is 3.98. The van der Waals surface area contributed by atoms with E-state index in [1.54, 1.807) is 0 Å². The molecule has 0 aliphatic carbocycles. The van der Waals surface area contributed by atoms with Crippen LogP contribution in [0.3, 0.4) is 0 Å². The average molecular weight is 265 g/mol. The standard InChI is InChI=1S/C16H15N3O/c1-10-5-3-4-6-13(10)16-19-18-15(20-16)12-7-8-14(17)11(2)9-12/h3-9H,17H2,1-2H3. The summed E-state index contributed by atoms with van der Waals surface area (Å²) in [4.78, 5) is 0. The van der Waals surface area contributed by atoms with Gasteiger partial charge in [0.25, 0.3) is 0 Å². The smallest absolute Gasteiger partial charge is 0.248 e. The number of nitrogens with zero attached hydrogens (tertiary/aromatic N) is 2. The number of hydrogen-bond acceptors (Lipinski definition) is 4. The molecule has 0 unspecified atom stereocenters. The van der Waals surface area contributed by atoms with Crippen molar-refractivity contribution in [1.29, 1.82) is 0 Å². The molecule has 3 rings (SSSR count). The first-order valence-electron chi connectivity index (χ1n) is 6.41. The number of nitrogens with two attached hydrogens (primary N) is 1. The maximum Gasteiger partial charge on any atom is 0.248 e. The molecule has 1 aromatic heterocycles. The van der Waals surface area contributed by atoms with Crippen molar-refractivity contribution in [2.45, 2.75) is 13.8 Å². The van der Waals surface area contributed by atoms with E-state index in [0.29, 0.717) is 11.8 Å². The summed E-state index contributed by atoms with van der Waals surface area (Å²) in [5.41, 5.74) is 10.5. The van der Waals surface area contributed by atoms with Gasteiger partial charge in [0.2, 0.25) is 11.8 Å². The molecule has 4 nitrogen and oxygen atoms in total. The third-order valence-corrected chi connectivity index (χ3v) is 3.32. The van der Waals surface area contributed by atoms with Crippen molar-refractivity contribution < 1.29 is 4.42 Å². The summed E-state index contributed by atoms with van der Waals surface area (Å²) in [6.07, 6.45) is 0. The topological polar surface area (TPSA) is 64.9 Å². The molecule has 0 fully saturated rings. The zero-order chi connectivity index (χ0) is 14.1. The second kappa shape index (κ2) is 4.81. The van der Waals surface area contributed by atoms with Crippen molar-refractivity contribution in [2.75, 3.05) is 5.73 Å². The Balaban J connectivity index is 2.02. The van der Waals surface area contributed by atoms with Gasteiger partial charge in [-0.15, -0.1) is 10.2 Å². The molecule has 0 spiro atoms. The molecular formula is C16H15N3O. The lowest BCUT2D eigenvalue weighted by molar-refractivity contribution is 0.584. The summed E-state index contributed by atoms with van der Waals surface area (Å²) in [7, 11) is 0. The van der Waals surface area contributed by atoms with Crippen LogP contribution in [0, 0.1) is 13.8 Å². The van der Waals surface area contributed by atoms with Crippen LogP contribution >= 0.6 is 0 Å². The van der Waals surface area contributed by atoms with Crippen LogP contribution < -0.4 is 5.73 Å². The third-order valence-electron chi connectivity index (χ3n) is 3.32. The Morgan fingerprint density at radius 2 is 1.65 bits per heavy atom. The van der Waals surface area contributed by atoms with E-state index in [-0.39, 0.29) is 0 Å². The highest BCUT2D eigenvalue weighted by Crippen LogP contribution is 2.27. The molecule has 2 aromatic carbocycles. The minimum Gasteiger partial charge on any atom is -0.416 e. The lowest BCUT2D eigenvalue weighted by atomic mass is 10.1. The first-order valence-corrected chi connectivity index (χ1v) is 6.41. The van der Waals surface area contributed by atoms with Crippen LogP contribution in [0.4, 0.5) is 5.69 Å². The van der Waals surface area contributed by atoms with Gasteiger partial charge in [0, 0.05) is 16.8 Å². The molecule has 4 heteroatoms. The molecule has 1 heterocycles. The van der Waals surface area contributed by atoms with Crippen LogP contribution in [0.25, 0.3) is 22.9 Å². The highest BCUT2D eigenvalue weighted by atomic mass is 16.4. The Morgan fingerprint density at radius 3 is 2.40 bits per heavy atom. The average Bonchev–Trinajstić information content (AvgIpc) is 2.92. The molecular weight excluding hydrogens is 250 g/mol. The Hall–Kier alpha value is -2.62. The Kier molecular flexibility index (Phi) is 2.99. The van der Waals surface area contributed by atoms with Crippen LogP contribution in [0.15, 0.2) is 46.9 Å². The Bertz CT molecular complexity index is 762. The fraction of sp³-hybridized carbons (Fsp3) is 0.125. The molecule has 0 saturated heterocycles. The van der Waals surface area contributed by atoms with Crippen molar-refractivity contribution in [3.63, 3.8) is 0 Å². The predicted octanol–water partition coefficient (Wildman–Crippen LogP) is 3.60. The van der Waals surface area contributed by atoms with Gasteiger partial charge in [-0.05, 0) is 49.2 Å².